The number of hydrogen-bond acceptors (Lipinski definition) is 2. The lowest BCUT2D eigenvalue weighted by atomic mass is 9.86. The summed E-state index contributed by atoms with van der Waals surface area (Å²) < 4.78 is 0. The molecule has 19 heavy (non-hydrogen) atoms. The first-order valence-corrected chi connectivity index (χ1v) is 7.69. The summed E-state index contributed by atoms with van der Waals surface area (Å²) in [7, 11) is 0. The van der Waals surface area contributed by atoms with Gasteiger partial charge in [0.1, 0.15) is 0 Å². The third-order valence-electron chi connectivity index (χ3n) is 4.74. The van der Waals surface area contributed by atoms with Gasteiger partial charge in [-0.15, -0.1) is 12.4 Å². The highest BCUT2D eigenvalue weighted by Gasteiger charge is 2.29. The minimum absolute atomic E-state index is 0. The van der Waals surface area contributed by atoms with Gasteiger partial charge in [0, 0.05) is 18.5 Å². The molecular weight excluding hydrogens is 260 g/mol. The molecule has 1 aliphatic heterocycles. The maximum absolute atomic E-state index is 12.1. The van der Waals surface area contributed by atoms with Gasteiger partial charge in [0.15, 0.2) is 0 Å². The second-order valence-electron chi connectivity index (χ2n) is 6.31. The fourth-order valence-corrected chi connectivity index (χ4v) is 3.50. The molecule has 112 valence electrons. The van der Waals surface area contributed by atoms with E-state index in [9.17, 15) is 4.79 Å². The van der Waals surface area contributed by atoms with E-state index in [1.165, 1.54) is 38.5 Å². The average Bonchev–Trinajstić information content (AvgIpc) is 2.35. The number of piperidine rings is 1. The van der Waals surface area contributed by atoms with Gasteiger partial charge in [-0.2, -0.15) is 0 Å². The molecule has 1 saturated heterocycles. The number of amides is 1. The van der Waals surface area contributed by atoms with Gasteiger partial charge in [0.25, 0.3) is 0 Å². The molecular formula is C15H29ClN2O. The second kappa shape index (κ2) is 8.11. The summed E-state index contributed by atoms with van der Waals surface area (Å²) in [6.45, 7) is 5.52. The van der Waals surface area contributed by atoms with Crippen molar-refractivity contribution in [2.45, 2.75) is 70.9 Å². The van der Waals surface area contributed by atoms with E-state index in [0.29, 0.717) is 23.9 Å². The number of hydrogen-bond donors (Lipinski definition) is 2. The van der Waals surface area contributed by atoms with E-state index in [4.69, 9.17) is 0 Å². The molecule has 0 spiro atoms. The summed E-state index contributed by atoms with van der Waals surface area (Å²) in [5.74, 6) is 1.51. The maximum atomic E-state index is 12.1. The number of carbonyl (C=O) groups excluding carboxylic acids is 1. The smallest absolute Gasteiger partial charge is 0.220 e. The van der Waals surface area contributed by atoms with Gasteiger partial charge in [-0.3, -0.25) is 4.79 Å². The lowest BCUT2D eigenvalue weighted by molar-refractivity contribution is -0.123. The SMILES string of the molecule is CC1CCNC(C)C1NC(=O)CC1CCCCC1.Cl. The Bertz CT molecular complexity index is 269. The predicted octanol–water partition coefficient (Wildman–Crippen LogP) is 2.88. The van der Waals surface area contributed by atoms with E-state index in [2.05, 4.69) is 24.5 Å². The Morgan fingerprint density at radius 3 is 2.47 bits per heavy atom. The Kier molecular flexibility index (Phi) is 7.16. The lowest BCUT2D eigenvalue weighted by Gasteiger charge is -2.36. The van der Waals surface area contributed by atoms with E-state index in [-0.39, 0.29) is 18.3 Å². The van der Waals surface area contributed by atoms with Crippen LogP contribution in [0.15, 0.2) is 0 Å². The predicted molar refractivity (Wildman–Crippen MR) is 81.6 cm³/mol. The Morgan fingerprint density at radius 2 is 1.84 bits per heavy atom. The highest BCUT2D eigenvalue weighted by molar-refractivity contribution is 5.85. The van der Waals surface area contributed by atoms with Crippen LogP contribution in [0.3, 0.4) is 0 Å². The molecule has 0 aromatic heterocycles. The van der Waals surface area contributed by atoms with Crippen LogP contribution in [-0.2, 0) is 4.79 Å². The fourth-order valence-electron chi connectivity index (χ4n) is 3.50. The summed E-state index contributed by atoms with van der Waals surface area (Å²) in [6.07, 6.45) is 8.40. The molecule has 3 nitrogen and oxygen atoms in total. The fraction of sp³-hybridized carbons (Fsp3) is 0.933. The van der Waals surface area contributed by atoms with Crippen molar-refractivity contribution in [1.29, 1.82) is 0 Å². The Labute approximate surface area is 123 Å². The summed E-state index contributed by atoms with van der Waals surface area (Å²) >= 11 is 0. The molecule has 1 aliphatic carbocycles. The molecule has 0 radical (unpaired) electrons. The quantitative estimate of drug-likeness (QED) is 0.838. The van der Waals surface area contributed by atoms with Crippen molar-refractivity contribution >= 4 is 18.3 Å². The molecule has 0 bridgehead atoms. The van der Waals surface area contributed by atoms with Crippen LogP contribution >= 0.6 is 12.4 Å². The Balaban J connectivity index is 0.00000180. The molecule has 1 amide bonds. The maximum Gasteiger partial charge on any atom is 0.220 e. The van der Waals surface area contributed by atoms with E-state index < -0.39 is 0 Å². The molecule has 2 N–H and O–H groups in total. The third kappa shape index (κ3) is 4.96. The zero-order chi connectivity index (χ0) is 13.0. The first-order chi connectivity index (χ1) is 8.66. The van der Waals surface area contributed by atoms with E-state index in [1.807, 2.05) is 0 Å². The molecule has 3 unspecified atom stereocenters. The van der Waals surface area contributed by atoms with Crippen LogP contribution in [0.5, 0.6) is 0 Å². The number of rotatable bonds is 3. The van der Waals surface area contributed by atoms with Gasteiger partial charge < -0.3 is 10.6 Å². The third-order valence-corrected chi connectivity index (χ3v) is 4.74. The zero-order valence-electron chi connectivity index (χ0n) is 12.3. The van der Waals surface area contributed by atoms with E-state index in [0.717, 1.165) is 13.0 Å². The van der Waals surface area contributed by atoms with Crippen LogP contribution < -0.4 is 10.6 Å². The molecule has 2 rings (SSSR count). The van der Waals surface area contributed by atoms with Gasteiger partial charge in [-0.05, 0) is 44.6 Å². The summed E-state index contributed by atoms with van der Waals surface area (Å²) in [5.41, 5.74) is 0. The van der Waals surface area contributed by atoms with Gasteiger partial charge in [0.05, 0.1) is 0 Å². The average molecular weight is 289 g/mol. The lowest BCUT2D eigenvalue weighted by Crippen LogP contribution is -2.56. The monoisotopic (exact) mass is 288 g/mol. The molecule has 1 heterocycles. The summed E-state index contributed by atoms with van der Waals surface area (Å²) in [5, 5.41) is 6.72. The summed E-state index contributed by atoms with van der Waals surface area (Å²) in [4.78, 5) is 12.1. The molecule has 0 aromatic carbocycles. The van der Waals surface area contributed by atoms with Crippen molar-refractivity contribution < 1.29 is 4.79 Å². The van der Waals surface area contributed by atoms with Crippen LogP contribution in [0.4, 0.5) is 0 Å². The Morgan fingerprint density at radius 1 is 1.16 bits per heavy atom. The number of nitrogens with one attached hydrogen (secondary N) is 2. The summed E-state index contributed by atoms with van der Waals surface area (Å²) in [6, 6.07) is 0.721. The molecule has 3 atom stereocenters. The van der Waals surface area contributed by atoms with Gasteiger partial charge in [-0.25, -0.2) is 0 Å². The minimum Gasteiger partial charge on any atom is -0.352 e. The molecule has 2 fully saturated rings. The van der Waals surface area contributed by atoms with Crippen LogP contribution in [-0.4, -0.2) is 24.5 Å². The number of carbonyl (C=O) groups is 1. The largest absolute Gasteiger partial charge is 0.352 e. The molecule has 2 aliphatic rings. The normalized spacial score (nSPS) is 32.4. The highest BCUT2D eigenvalue weighted by Crippen LogP contribution is 2.26. The topological polar surface area (TPSA) is 41.1 Å². The minimum atomic E-state index is 0. The number of halogens is 1. The van der Waals surface area contributed by atoms with Gasteiger partial charge in [-0.1, -0.05) is 26.2 Å². The van der Waals surface area contributed by atoms with Gasteiger partial charge in [0.2, 0.25) is 5.91 Å². The standard InChI is InChI=1S/C15H28N2O.ClH/c1-11-8-9-16-12(2)15(11)17-14(18)10-13-6-4-3-5-7-13;/h11-13,15-16H,3-10H2,1-2H3,(H,17,18);1H. The van der Waals surface area contributed by atoms with Crippen molar-refractivity contribution in [3.8, 4) is 0 Å². The van der Waals surface area contributed by atoms with Crippen molar-refractivity contribution in [1.82, 2.24) is 10.6 Å². The zero-order valence-corrected chi connectivity index (χ0v) is 13.1. The van der Waals surface area contributed by atoms with Crippen LogP contribution in [0.2, 0.25) is 0 Å². The van der Waals surface area contributed by atoms with E-state index >= 15 is 0 Å². The van der Waals surface area contributed by atoms with Crippen LogP contribution in [0, 0.1) is 11.8 Å². The molecule has 0 aromatic rings. The highest BCUT2D eigenvalue weighted by atomic mass is 35.5. The second-order valence-corrected chi connectivity index (χ2v) is 6.31. The van der Waals surface area contributed by atoms with Crippen molar-refractivity contribution in [2.75, 3.05) is 6.54 Å². The van der Waals surface area contributed by atoms with Crippen LogP contribution in [0.1, 0.15) is 58.8 Å². The molecule has 4 heteroatoms. The van der Waals surface area contributed by atoms with Gasteiger partial charge >= 0.3 is 0 Å². The van der Waals surface area contributed by atoms with Crippen molar-refractivity contribution in [3.63, 3.8) is 0 Å². The van der Waals surface area contributed by atoms with Crippen LogP contribution in [0.25, 0.3) is 0 Å². The Hall–Kier alpha value is -0.280. The first-order valence-electron chi connectivity index (χ1n) is 7.69. The first kappa shape index (κ1) is 16.8. The van der Waals surface area contributed by atoms with Crippen molar-refractivity contribution in [2.24, 2.45) is 11.8 Å². The van der Waals surface area contributed by atoms with E-state index in [1.54, 1.807) is 0 Å². The molecule has 1 saturated carbocycles. The van der Waals surface area contributed by atoms with Crippen molar-refractivity contribution in [3.05, 3.63) is 0 Å².